The second-order valence-corrected chi connectivity index (χ2v) is 7.20. The largest absolute Gasteiger partial charge is 0.333 e. The van der Waals surface area contributed by atoms with Crippen molar-refractivity contribution in [2.24, 2.45) is 0 Å². The summed E-state index contributed by atoms with van der Waals surface area (Å²) in [6, 6.07) is 13.1. The van der Waals surface area contributed by atoms with Crippen LogP contribution in [0.4, 0.5) is 5.69 Å². The standard InChI is InChI=1S/C15H11ClIN3OS/c16-9-4-5-12-13(6-9)20-15(19-12)22-8-14(21)18-11-3-1-2-10(17)7-11/h1-7H,8H2,(H,18,21)(H,19,20). The van der Waals surface area contributed by atoms with Crippen molar-refractivity contribution in [3.63, 3.8) is 0 Å². The second-order valence-electron chi connectivity index (χ2n) is 4.55. The van der Waals surface area contributed by atoms with Gasteiger partial charge in [-0.05, 0) is 59.0 Å². The van der Waals surface area contributed by atoms with Crippen molar-refractivity contribution in [2.75, 3.05) is 11.1 Å². The van der Waals surface area contributed by atoms with Crippen molar-refractivity contribution in [1.82, 2.24) is 9.97 Å². The molecule has 0 saturated heterocycles. The maximum atomic E-state index is 12.0. The van der Waals surface area contributed by atoms with Gasteiger partial charge in [0.2, 0.25) is 5.91 Å². The Morgan fingerprint density at radius 3 is 3.00 bits per heavy atom. The lowest BCUT2D eigenvalue weighted by Gasteiger charge is -2.04. The molecule has 0 spiro atoms. The van der Waals surface area contributed by atoms with Gasteiger partial charge in [0.15, 0.2) is 5.16 Å². The number of hydrogen-bond acceptors (Lipinski definition) is 3. The van der Waals surface area contributed by atoms with Crippen LogP contribution < -0.4 is 5.32 Å². The number of fused-ring (bicyclic) bond motifs is 1. The average Bonchev–Trinajstić information content (AvgIpc) is 2.87. The predicted molar refractivity (Wildman–Crippen MR) is 99.6 cm³/mol. The van der Waals surface area contributed by atoms with Gasteiger partial charge in [-0.2, -0.15) is 0 Å². The SMILES string of the molecule is O=C(CSc1nc2ccc(Cl)cc2[nH]1)Nc1cccc(I)c1. The summed E-state index contributed by atoms with van der Waals surface area (Å²) in [5.41, 5.74) is 2.51. The number of aromatic nitrogens is 2. The fourth-order valence-electron chi connectivity index (χ4n) is 1.92. The third kappa shape index (κ3) is 3.93. The number of anilines is 1. The van der Waals surface area contributed by atoms with Crippen LogP contribution in [0.2, 0.25) is 5.02 Å². The van der Waals surface area contributed by atoms with Crippen LogP contribution in [0, 0.1) is 3.57 Å². The first-order valence-electron chi connectivity index (χ1n) is 6.44. The van der Waals surface area contributed by atoms with Gasteiger partial charge in [-0.3, -0.25) is 4.79 Å². The smallest absolute Gasteiger partial charge is 0.234 e. The number of amides is 1. The van der Waals surface area contributed by atoms with Crippen molar-refractivity contribution < 1.29 is 4.79 Å². The van der Waals surface area contributed by atoms with Crippen LogP contribution in [0.15, 0.2) is 47.6 Å². The highest BCUT2D eigenvalue weighted by molar-refractivity contribution is 14.1. The highest BCUT2D eigenvalue weighted by Crippen LogP contribution is 2.22. The molecule has 1 amide bonds. The Morgan fingerprint density at radius 1 is 1.32 bits per heavy atom. The maximum Gasteiger partial charge on any atom is 0.234 e. The molecule has 112 valence electrons. The predicted octanol–water partition coefficient (Wildman–Crippen LogP) is 4.55. The Bertz CT molecular complexity index is 837. The van der Waals surface area contributed by atoms with Crippen molar-refractivity contribution in [1.29, 1.82) is 0 Å². The number of aromatic amines is 1. The van der Waals surface area contributed by atoms with Gasteiger partial charge in [-0.15, -0.1) is 0 Å². The normalized spacial score (nSPS) is 10.8. The molecule has 0 unspecified atom stereocenters. The van der Waals surface area contributed by atoms with E-state index in [1.807, 2.05) is 36.4 Å². The van der Waals surface area contributed by atoms with E-state index < -0.39 is 0 Å². The summed E-state index contributed by atoms with van der Waals surface area (Å²) >= 11 is 9.51. The molecule has 3 aromatic rings. The number of imidazole rings is 1. The highest BCUT2D eigenvalue weighted by Gasteiger charge is 2.08. The van der Waals surface area contributed by atoms with Gasteiger partial charge in [-0.1, -0.05) is 29.4 Å². The van der Waals surface area contributed by atoms with Gasteiger partial charge >= 0.3 is 0 Å². The van der Waals surface area contributed by atoms with Crippen LogP contribution in [-0.4, -0.2) is 21.6 Å². The minimum atomic E-state index is -0.0644. The van der Waals surface area contributed by atoms with E-state index >= 15 is 0 Å². The lowest BCUT2D eigenvalue weighted by Crippen LogP contribution is -2.14. The van der Waals surface area contributed by atoms with Gasteiger partial charge in [-0.25, -0.2) is 4.98 Å². The first-order valence-corrected chi connectivity index (χ1v) is 8.88. The summed E-state index contributed by atoms with van der Waals surface area (Å²) in [4.78, 5) is 19.5. The molecule has 0 aliphatic carbocycles. The number of H-pyrrole nitrogens is 1. The van der Waals surface area contributed by atoms with Crippen molar-refractivity contribution in [3.8, 4) is 0 Å². The van der Waals surface area contributed by atoms with Crippen LogP contribution in [0.5, 0.6) is 0 Å². The van der Waals surface area contributed by atoms with Crippen LogP contribution in [-0.2, 0) is 4.79 Å². The summed E-state index contributed by atoms with van der Waals surface area (Å²) in [6.07, 6.45) is 0. The summed E-state index contributed by atoms with van der Waals surface area (Å²) in [6.45, 7) is 0. The first kappa shape index (κ1) is 15.6. The van der Waals surface area contributed by atoms with Crippen molar-refractivity contribution >= 4 is 68.6 Å². The van der Waals surface area contributed by atoms with E-state index in [0.717, 1.165) is 20.3 Å². The third-order valence-corrected chi connectivity index (χ3v) is 4.65. The van der Waals surface area contributed by atoms with Gasteiger partial charge in [0.1, 0.15) is 0 Å². The second kappa shape index (κ2) is 6.89. The fourth-order valence-corrected chi connectivity index (χ4v) is 3.32. The molecular weight excluding hydrogens is 433 g/mol. The lowest BCUT2D eigenvalue weighted by atomic mass is 10.3. The minimum Gasteiger partial charge on any atom is -0.333 e. The molecule has 2 aromatic carbocycles. The van der Waals surface area contributed by atoms with Crippen molar-refractivity contribution in [3.05, 3.63) is 51.1 Å². The summed E-state index contributed by atoms with van der Waals surface area (Å²) < 4.78 is 1.08. The highest BCUT2D eigenvalue weighted by atomic mass is 127. The van der Waals surface area contributed by atoms with E-state index in [1.54, 1.807) is 6.07 Å². The molecule has 0 radical (unpaired) electrons. The van der Waals surface area contributed by atoms with Crippen LogP contribution >= 0.6 is 46.0 Å². The molecule has 0 atom stereocenters. The number of nitrogens with one attached hydrogen (secondary N) is 2. The Kier molecular flexibility index (Phi) is 4.90. The van der Waals surface area contributed by atoms with E-state index in [1.165, 1.54) is 11.8 Å². The Labute approximate surface area is 150 Å². The molecule has 7 heteroatoms. The molecular formula is C15H11ClIN3OS. The lowest BCUT2D eigenvalue weighted by molar-refractivity contribution is -0.113. The van der Waals surface area contributed by atoms with Gasteiger partial charge in [0.25, 0.3) is 0 Å². The molecule has 1 aromatic heterocycles. The average molecular weight is 444 g/mol. The number of benzene rings is 2. The number of carbonyl (C=O) groups excluding carboxylic acids is 1. The Morgan fingerprint density at radius 2 is 2.18 bits per heavy atom. The quantitative estimate of drug-likeness (QED) is 0.459. The van der Waals surface area contributed by atoms with E-state index in [0.29, 0.717) is 15.9 Å². The zero-order chi connectivity index (χ0) is 15.5. The number of thioether (sulfide) groups is 1. The summed E-state index contributed by atoms with van der Waals surface area (Å²) in [5, 5.41) is 4.23. The molecule has 4 nitrogen and oxygen atoms in total. The Balaban J connectivity index is 1.62. The number of nitrogens with zero attached hydrogens (tertiary/aromatic N) is 1. The molecule has 0 aliphatic rings. The molecule has 1 heterocycles. The topological polar surface area (TPSA) is 57.8 Å². The zero-order valence-electron chi connectivity index (χ0n) is 11.3. The van der Waals surface area contributed by atoms with Gasteiger partial charge in [0.05, 0.1) is 16.8 Å². The molecule has 0 bridgehead atoms. The first-order chi connectivity index (χ1) is 10.6. The Hall–Kier alpha value is -1.25. The van der Waals surface area contributed by atoms with Crippen LogP contribution in [0.3, 0.4) is 0 Å². The number of halogens is 2. The number of hydrogen-bond donors (Lipinski definition) is 2. The molecule has 3 rings (SSSR count). The molecule has 0 aliphatic heterocycles. The van der Waals surface area contributed by atoms with E-state index in [2.05, 4.69) is 37.9 Å². The van der Waals surface area contributed by atoms with Gasteiger partial charge < -0.3 is 10.3 Å². The number of carbonyl (C=O) groups is 1. The number of rotatable bonds is 4. The third-order valence-electron chi connectivity index (χ3n) is 2.87. The minimum absolute atomic E-state index is 0.0644. The van der Waals surface area contributed by atoms with Crippen LogP contribution in [0.25, 0.3) is 11.0 Å². The molecule has 2 N–H and O–H groups in total. The molecule has 0 fully saturated rings. The van der Waals surface area contributed by atoms with E-state index in [9.17, 15) is 4.79 Å². The van der Waals surface area contributed by atoms with E-state index in [4.69, 9.17) is 11.6 Å². The maximum absolute atomic E-state index is 12.0. The fraction of sp³-hybridized carbons (Fsp3) is 0.0667. The van der Waals surface area contributed by atoms with E-state index in [-0.39, 0.29) is 5.91 Å². The molecule has 0 saturated carbocycles. The molecule has 22 heavy (non-hydrogen) atoms. The van der Waals surface area contributed by atoms with Crippen LogP contribution in [0.1, 0.15) is 0 Å². The monoisotopic (exact) mass is 443 g/mol. The summed E-state index contributed by atoms with van der Waals surface area (Å²) in [7, 11) is 0. The van der Waals surface area contributed by atoms with Gasteiger partial charge in [0, 0.05) is 14.3 Å². The zero-order valence-corrected chi connectivity index (χ0v) is 15.0. The summed E-state index contributed by atoms with van der Waals surface area (Å²) in [5.74, 6) is 0.226. The van der Waals surface area contributed by atoms with Crippen molar-refractivity contribution in [2.45, 2.75) is 5.16 Å².